The molecule has 4 nitrogen and oxygen atoms in total. The van der Waals surface area contributed by atoms with E-state index in [0.717, 1.165) is 18.4 Å². The lowest BCUT2D eigenvalue weighted by Gasteiger charge is -2.01. The number of amides is 1. The molecule has 0 saturated heterocycles. The average molecular weight is 293 g/mol. The first-order valence-electron chi connectivity index (χ1n) is 6.59. The minimum Gasteiger partial charge on any atom is -0.462 e. The predicted molar refractivity (Wildman–Crippen MR) is 80.9 cm³/mol. The molecule has 108 valence electrons. The third-order valence-electron chi connectivity index (χ3n) is 2.62. The van der Waals surface area contributed by atoms with E-state index in [1.807, 2.05) is 6.92 Å². The number of carbonyl (C=O) groups excluding carboxylic acids is 2. The summed E-state index contributed by atoms with van der Waals surface area (Å²) in [6.07, 6.45) is 7.90. The van der Waals surface area contributed by atoms with Crippen LogP contribution in [0.3, 0.4) is 0 Å². The lowest BCUT2D eigenvalue weighted by molar-refractivity contribution is -0.116. The van der Waals surface area contributed by atoms with Crippen molar-refractivity contribution < 1.29 is 14.3 Å². The molecule has 0 aliphatic rings. The van der Waals surface area contributed by atoms with Crippen LogP contribution in [0.5, 0.6) is 0 Å². The number of rotatable bonds is 7. The SMILES string of the molecule is C#CCCCCC(=O)Nc1cc(C)c(C(=O)OCC)s1. The second-order valence-electron chi connectivity index (χ2n) is 4.30. The van der Waals surface area contributed by atoms with Crippen molar-refractivity contribution in [2.24, 2.45) is 0 Å². The van der Waals surface area contributed by atoms with E-state index in [-0.39, 0.29) is 11.9 Å². The molecule has 1 aromatic heterocycles. The monoisotopic (exact) mass is 293 g/mol. The second kappa shape index (κ2) is 8.39. The Morgan fingerprint density at radius 2 is 2.20 bits per heavy atom. The van der Waals surface area contributed by atoms with Crippen LogP contribution in [0.25, 0.3) is 0 Å². The van der Waals surface area contributed by atoms with Crippen molar-refractivity contribution in [3.63, 3.8) is 0 Å². The van der Waals surface area contributed by atoms with Crippen molar-refractivity contribution in [1.29, 1.82) is 0 Å². The van der Waals surface area contributed by atoms with E-state index < -0.39 is 0 Å². The molecule has 5 heteroatoms. The first-order valence-corrected chi connectivity index (χ1v) is 7.41. The van der Waals surface area contributed by atoms with Gasteiger partial charge in [0.2, 0.25) is 5.91 Å². The van der Waals surface area contributed by atoms with Gasteiger partial charge in [0, 0.05) is 12.8 Å². The van der Waals surface area contributed by atoms with Crippen molar-refractivity contribution in [3.05, 3.63) is 16.5 Å². The summed E-state index contributed by atoms with van der Waals surface area (Å²) in [6, 6.07) is 1.79. The summed E-state index contributed by atoms with van der Waals surface area (Å²) >= 11 is 1.24. The Balaban J connectivity index is 2.52. The standard InChI is InChI=1S/C15H19NO3S/c1-4-6-7-8-9-12(17)16-13-10-11(3)14(20-13)15(18)19-5-2/h1,10H,5-9H2,2-3H3,(H,16,17). The summed E-state index contributed by atoms with van der Waals surface area (Å²) in [4.78, 5) is 23.9. The molecule has 0 aliphatic carbocycles. The Kier molecular flexibility index (Phi) is 6.82. The van der Waals surface area contributed by atoms with Crippen molar-refractivity contribution in [2.75, 3.05) is 11.9 Å². The zero-order valence-corrected chi connectivity index (χ0v) is 12.6. The van der Waals surface area contributed by atoms with Gasteiger partial charge in [-0.15, -0.1) is 23.7 Å². The molecule has 20 heavy (non-hydrogen) atoms. The quantitative estimate of drug-likeness (QED) is 0.476. The number of unbranched alkanes of at least 4 members (excludes halogenated alkanes) is 2. The fourth-order valence-electron chi connectivity index (χ4n) is 1.66. The van der Waals surface area contributed by atoms with Crippen LogP contribution in [0.4, 0.5) is 5.00 Å². The van der Waals surface area contributed by atoms with Gasteiger partial charge in [0.1, 0.15) is 4.88 Å². The highest BCUT2D eigenvalue weighted by molar-refractivity contribution is 7.18. The Morgan fingerprint density at radius 3 is 2.85 bits per heavy atom. The molecule has 0 atom stereocenters. The topological polar surface area (TPSA) is 55.4 Å². The smallest absolute Gasteiger partial charge is 0.348 e. The maximum atomic E-state index is 11.7. The predicted octanol–water partition coefficient (Wildman–Crippen LogP) is 3.37. The number of ether oxygens (including phenoxy) is 1. The molecule has 0 radical (unpaired) electrons. The van der Waals surface area contributed by atoms with Crippen LogP contribution in [0.1, 0.15) is 47.8 Å². The number of aryl methyl sites for hydroxylation is 1. The van der Waals surface area contributed by atoms with Gasteiger partial charge in [-0.2, -0.15) is 0 Å². The Morgan fingerprint density at radius 1 is 1.45 bits per heavy atom. The molecule has 0 spiro atoms. The van der Waals surface area contributed by atoms with Crippen LogP contribution in [-0.4, -0.2) is 18.5 Å². The maximum Gasteiger partial charge on any atom is 0.348 e. The van der Waals surface area contributed by atoms with Crippen molar-refractivity contribution >= 4 is 28.2 Å². The van der Waals surface area contributed by atoms with E-state index >= 15 is 0 Å². The summed E-state index contributed by atoms with van der Waals surface area (Å²) in [5.41, 5.74) is 0.816. The highest BCUT2D eigenvalue weighted by atomic mass is 32.1. The molecular formula is C15H19NO3S. The van der Waals surface area contributed by atoms with Gasteiger partial charge in [-0.25, -0.2) is 4.79 Å². The van der Waals surface area contributed by atoms with Crippen LogP contribution in [0.15, 0.2) is 6.07 Å². The molecule has 1 aromatic rings. The first kappa shape index (κ1) is 16.3. The number of carbonyl (C=O) groups is 2. The molecule has 0 aromatic carbocycles. The van der Waals surface area contributed by atoms with Crippen LogP contribution in [-0.2, 0) is 9.53 Å². The van der Waals surface area contributed by atoms with Gasteiger partial charge < -0.3 is 10.1 Å². The lowest BCUT2D eigenvalue weighted by Crippen LogP contribution is -2.09. The van der Waals surface area contributed by atoms with Crippen LogP contribution >= 0.6 is 11.3 Å². The van der Waals surface area contributed by atoms with Gasteiger partial charge >= 0.3 is 5.97 Å². The van der Waals surface area contributed by atoms with Gasteiger partial charge in [-0.05, 0) is 38.3 Å². The van der Waals surface area contributed by atoms with E-state index in [9.17, 15) is 9.59 Å². The molecule has 1 amide bonds. The molecular weight excluding hydrogens is 274 g/mol. The van der Waals surface area contributed by atoms with E-state index in [2.05, 4.69) is 11.2 Å². The summed E-state index contributed by atoms with van der Waals surface area (Å²) in [6.45, 7) is 3.93. The van der Waals surface area contributed by atoms with Gasteiger partial charge in [-0.1, -0.05) is 0 Å². The van der Waals surface area contributed by atoms with E-state index in [4.69, 9.17) is 11.2 Å². The fraction of sp³-hybridized carbons (Fsp3) is 0.467. The summed E-state index contributed by atoms with van der Waals surface area (Å²) < 4.78 is 4.96. The summed E-state index contributed by atoms with van der Waals surface area (Å²) in [5.74, 6) is 2.15. The normalized spacial score (nSPS) is 9.85. The highest BCUT2D eigenvalue weighted by Gasteiger charge is 2.15. The first-order chi connectivity index (χ1) is 9.58. The molecule has 1 heterocycles. The minimum absolute atomic E-state index is 0.0568. The Bertz CT molecular complexity index is 514. The lowest BCUT2D eigenvalue weighted by atomic mass is 10.2. The largest absolute Gasteiger partial charge is 0.462 e. The molecule has 1 rings (SSSR count). The minimum atomic E-state index is -0.343. The Labute approximate surface area is 123 Å². The average Bonchev–Trinajstić information content (AvgIpc) is 2.76. The molecule has 0 aliphatic heterocycles. The van der Waals surface area contributed by atoms with Crippen LogP contribution in [0.2, 0.25) is 0 Å². The second-order valence-corrected chi connectivity index (χ2v) is 5.35. The molecule has 0 bridgehead atoms. The van der Waals surface area contributed by atoms with E-state index in [1.165, 1.54) is 11.3 Å². The van der Waals surface area contributed by atoms with Crippen molar-refractivity contribution in [1.82, 2.24) is 0 Å². The third-order valence-corrected chi connectivity index (χ3v) is 3.75. The fourth-order valence-corrected chi connectivity index (χ4v) is 2.64. The molecule has 1 N–H and O–H groups in total. The molecule has 0 fully saturated rings. The summed E-state index contributed by atoms with van der Waals surface area (Å²) in [5, 5.41) is 3.47. The van der Waals surface area contributed by atoms with Gasteiger partial charge in [0.25, 0.3) is 0 Å². The van der Waals surface area contributed by atoms with Gasteiger partial charge in [0.15, 0.2) is 0 Å². The Hall–Kier alpha value is -1.80. The van der Waals surface area contributed by atoms with E-state index in [0.29, 0.717) is 29.3 Å². The van der Waals surface area contributed by atoms with Crippen LogP contribution < -0.4 is 5.32 Å². The number of thiophene rings is 1. The molecule has 0 unspecified atom stereocenters. The third kappa shape index (κ3) is 5.06. The zero-order chi connectivity index (χ0) is 15.0. The maximum absolute atomic E-state index is 11.7. The number of hydrogen-bond donors (Lipinski definition) is 1. The number of hydrogen-bond acceptors (Lipinski definition) is 4. The zero-order valence-electron chi connectivity index (χ0n) is 11.8. The number of anilines is 1. The van der Waals surface area contributed by atoms with Gasteiger partial charge in [0.05, 0.1) is 11.6 Å². The molecule has 0 saturated carbocycles. The van der Waals surface area contributed by atoms with Crippen molar-refractivity contribution in [2.45, 2.75) is 39.5 Å². The van der Waals surface area contributed by atoms with Gasteiger partial charge in [-0.3, -0.25) is 4.79 Å². The van der Waals surface area contributed by atoms with Crippen LogP contribution in [0, 0.1) is 19.3 Å². The number of nitrogens with one attached hydrogen (secondary N) is 1. The summed E-state index contributed by atoms with van der Waals surface area (Å²) in [7, 11) is 0. The number of terminal acetylenes is 1. The van der Waals surface area contributed by atoms with E-state index in [1.54, 1.807) is 13.0 Å². The highest BCUT2D eigenvalue weighted by Crippen LogP contribution is 2.27. The van der Waals surface area contributed by atoms with Crippen molar-refractivity contribution in [3.8, 4) is 12.3 Å². The number of esters is 1.